The Bertz CT molecular complexity index is 648. The molecule has 5 nitrogen and oxygen atoms in total. The molecule has 1 saturated heterocycles. The van der Waals surface area contributed by atoms with Crippen LogP contribution in [0.25, 0.3) is 10.9 Å². The molecule has 3 rings (SSSR count). The maximum atomic E-state index is 4.74. The number of nitrogens with one attached hydrogen (secondary N) is 3. The molecule has 0 radical (unpaired) electrons. The number of benzene rings is 1. The predicted octanol–water partition coefficient (Wildman–Crippen LogP) is 3.33. The molecule has 0 aliphatic carbocycles. The number of aromatic nitrogens is 1. The first-order chi connectivity index (χ1) is 11.8. The van der Waals surface area contributed by atoms with Gasteiger partial charge in [0.05, 0.1) is 6.54 Å². The Labute approximate surface area is 167 Å². The number of likely N-dealkylation sites (tertiary alicyclic amines) is 1. The number of likely N-dealkylation sites (N-methyl/N-ethyl adjacent to an activating group) is 1. The summed E-state index contributed by atoms with van der Waals surface area (Å²) < 4.78 is 0. The second-order valence-electron chi connectivity index (χ2n) is 6.38. The summed E-state index contributed by atoms with van der Waals surface area (Å²) in [6.07, 6.45) is 2.59. The minimum absolute atomic E-state index is 0. The predicted molar refractivity (Wildman–Crippen MR) is 117 cm³/mol. The number of halogens is 1. The van der Waals surface area contributed by atoms with E-state index in [0.717, 1.165) is 31.3 Å². The van der Waals surface area contributed by atoms with Crippen LogP contribution in [-0.2, 0) is 6.54 Å². The standard InChI is InChI=1S/C19H29N5.HI/c1-3-20-19(22-14-17-9-7-11-24(17)4-2)21-13-16-12-15-8-5-6-10-18(15)23-16;/h5-6,8,10,12,17,23H,3-4,7,9,11,13-14H2,1-2H3,(H2,20,21,22);1H. The zero-order chi connectivity index (χ0) is 16.8. The fraction of sp³-hybridized carbons (Fsp3) is 0.526. The van der Waals surface area contributed by atoms with Crippen molar-refractivity contribution in [3.05, 3.63) is 36.0 Å². The highest BCUT2D eigenvalue weighted by atomic mass is 127. The van der Waals surface area contributed by atoms with Crippen LogP contribution in [0.1, 0.15) is 32.4 Å². The zero-order valence-corrected chi connectivity index (χ0v) is 17.5. The number of H-pyrrole nitrogens is 1. The fourth-order valence-corrected chi connectivity index (χ4v) is 3.48. The van der Waals surface area contributed by atoms with Gasteiger partial charge in [-0.05, 0) is 50.4 Å². The number of aliphatic imine (C=N–C) groups is 1. The van der Waals surface area contributed by atoms with Gasteiger partial charge in [-0.3, -0.25) is 4.90 Å². The van der Waals surface area contributed by atoms with E-state index in [-0.39, 0.29) is 24.0 Å². The third-order valence-electron chi connectivity index (χ3n) is 4.75. The molecule has 0 bridgehead atoms. The minimum Gasteiger partial charge on any atom is -0.357 e. The number of fused-ring (bicyclic) bond motifs is 1. The molecule has 6 heteroatoms. The maximum Gasteiger partial charge on any atom is 0.191 e. The summed E-state index contributed by atoms with van der Waals surface area (Å²) in [5.41, 5.74) is 2.31. The molecule has 1 aromatic heterocycles. The van der Waals surface area contributed by atoms with Gasteiger partial charge in [0.1, 0.15) is 0 Å². The molecular formula is C19H30IN5. The quantitative estimate of drug-likeness (QED) is 0.356. The maximum absolute atomic E-state index is 4.74. The Kier molecular flexibility index (Phi) is 8.02. The summed E-state index contributed by atoms with van der Waals surface area (Å²) >= 11 is 0. The number of guanidine groups is 1. The highest BCUT2D eigenvalue weighted by molar-refractivity contribution is 14.0. The average Bonchev–Trinajstić information content (AvgIpc) is 3.22. The first-order valence-corrected chi connectivity index (χ1v) is 9.13. The molecule has 1 aliphatic rings. The summed E-state index contributed by atoms with van der Waals surface area (Å²) in [6, 6.07) is 11.2. The van der Waals surface area contributed by atoms with Crippen molar-refractivity contribution in [3.63, 3.8) is 0 Å². The van der Waals surface area contributed by atoms with Crippen molar-refractivity contribution in [1.82, 2.24) is 20.5 Å². The van der Waals surface area contributed by atoms with E-state index in [2.05, 4.69) is 64.7 Å². The van der Waals surface area contributed by atoms with Gasteiger partial charge >= 0.3 is 0 Å². The SMILES string of the molecule is CCNC(=NCc1cc2ccccc2[nH]1)NCC1CCCN1CC.I. The van der Waals surface area contributed by atoms with Gasteiger partial charge in [0, 0.05) is 30.3 Å². The first-order valence-electron chi connectivity index (χ1n) is 9.13. The largest absolute Gasteiger partial charge is 0.357 e. The molecule has 0 saturated carbocycles. The van der Waals surface area contributed by atoms with Crippen molar-refractivity contribution in [1.29, 1.82) is 0 Å². The third-order valence-corrected chi connectivity index (χ3v) is 4.75. The first kappa shape index (κ1) is 20.0. The smallest absolute Gasteiger partial charge is 0.191 e. The van der Waals surface area contributed by atoms with E-state index in [1.807, 2.05) is 0 Å². The third kappa shape index (κ3) is 5.34. The van der Waals surface area contributed by atoms with Crippen molar-refractivity contribution in [2.45, 2.75) is 39.3 Å². The van der Waals surface area contributed by atoms with Gasteiger partial charge in [-0.25, -0.2) is 4.99 Å². The van der Waals surface area contributed by atoms with E-state index in [0.29, 0.717) is 12.6 Å². The summed E-state index contributed by atoms with van der Waals surface area (Å²) in [6.45, 7) is 9.21. The van der Waals surface area contributed by atoms with Crippen LogP contribution in [0.15, 0.2) is 35.3 Å². The molecule has 1 aliphatic heterocycles. The number of hydrogen-bond donors (Lipinski definition) is 3. The van der Waals surface area contributed by atoms with Crippen molar-refractivity contribution >= 4 is 40.8 Å². The van der Waals surface area contributed by atoms with Crippen LogP contribution in [0.2, 0.25) is 0 Å². The Balaban J connectivity index is 0.00000225. The fourth-order valence-electron chi connectivity index (χ4n) is 3.48. The highest BCUT2D eigenvalue weighted by Gasteiger charge is 2.22. The van der Waals surface area contributed by atoms with E-state index in [1.165, 1.54) is 30.3 Å². The van der Waals surface area contributed by atoms with Crippen LogP contribution in [0.3, 0.4) is 0 Å². The lowest BCUT2D eigenvalue weighted by molar-refractivity contribution is 0.267. The summed E-state index contributed by atoms with van der Waals surface area (Å²) in [4.78, 5) is 10.7. The number of aromatic amines is 1. The van der Waals surface area contributed by atoms with E-state index in [1.54, 1.807) is 0 Å². The van der Waals surface area contributed by atoms with Crippen LogP contribution < -0.4 is 10.6 Å². The number of nitrogens with zero attached hydrogens (tertiary/aromatic N) is 2. The Morgan fingerprint density at radius 1 is 1.28 bits per heavy atom. The highest BCUT2D eigenvalue weighted by Crippen LogP contribution is 2.16. The van der Waals surface area contributed by atoms with Crippen LogP contribution in [0.5, 0.6) is 0 Å². The topological polar surface area (TPSA) is 55.5 Å². The van der Waals surface area contributed by atoms with Crippen molar-refractivity contribution in [2.75, 3.05) is 26.2 Å². The summed E-state index contributed by atoms with van der Waals surface area (Å²) in [7, 11) is 0. The molecule has 0 amide bonds. The van der Waals surface area contributed by atoms with E-state index >= 15 is 0 Å². The lowest BCUT2D eigenvalue weighted by atomic mass is 10.2. The lowest BCUT2D eigenvalue weighted by Crippen LogP contribution is -2.44. The second-order valence-corrected chi connectivity index (χ2v) is 6.38. The molecule has 1 aromatic carbocycles. The Morgan fingerprint density at radius 3 is 2.88 bits per heavy atom. The molecule has 2 heterocycles. The van der Waals surface area contributed by atoms with E-state index in [4.69, 9.17) is 4.99 Å². The molecule has 1 fully saturated rings. The minimum atomic E-state index is 0. The number of hydrogen-bond acceptors (Lipinski definition) is 2. The molecular weight excluding hydrogens is 425 g/mol. The van der Waals surface area contributed by atoms with Gasteiger partial charge in [0.15, 0.2) is 5.96 Å². The normalized spacial score (nSPS) is 18.3. The molecule has 2 aromatic rings. The van der Waals surface area contributed by atoms with Crippen LogP contribution in [0, 0.1) is 0 Å². The van der Waals surface area contributed by atoms with Gasteiger partial charge in [0.2, 0.25) is 0 Å². The number of rotatable bonds is 6. The summed E-state index contributed by atoms with van der Waals surface area (Å²) in [5, 5.41) is 8.11. The average molecular weight is 455 g/mol. The van der Waals surface area contributed by atoms with Crippen molar-refractivity contribution in [2.24, 2.45) is 4.99 Å². The molecule has 138 valence electrons. The van der Waals surface area contributed by atoms with Crippen LogP contribution in [0.4, 0.5) is 0 Å². The van der Waals surface area contributed by atoms with E-state index < -0.39 is 0 Å². The van der Waals surface area contributed by atoms with Crippen LogP contribution in [-0.4, -0.2) is 48.1 Å². The van der Waals surface area contributed by atoms with Gasteiger partial charge in [-0.15, -0.1) is 24.0 Å². The van der Waals surface area contributed by atoms with Crippen LogP contribution >= 0.6 is 24.0 Å². The molecule has 1 atom stereocenters. The molecule has 3 N–H and O–H groups in total. The molecule has 25 heavy (non-hydrogen) atoms. The van der Waals surface area contributed by atoms with Gasteiger partial charge in [0.25, 0.3) is 0 Å². The van der Waals surface area contributed by atoms with Gasteiger partial charge in [-0.1, -0.05) is 25.1 Å². The Morgan fingerprint density at radius 2 is 2.12 bits per heavy atom. The second kappa shape index (κ2) is 10.0. The zero-order valence-electron chi connectivity index (χ0n) is 15.2. The molecule has 1 unspecified atom stereocenters. The Hall–Kier alpha value is -1.28. The lowest BCUT2D eigenvalue weighted by Gasteiger charge is -2.23. The molecule has 0 spiro atoms. The van der Waals surface area contributed by atoms with Crippen molar-refractivity contribution in [3.8, 4) is 0 Å². The van der Waals surface area contributed by atoms with Gasteiger partial charge in [-0.2, -0.15) is 0 Å². The summed E-state index contributed by atoms with van der Waals surface area (Å²) in [5.74, 6) is 0.902. The monoisotopic (exact) mass is 455 g/mol. The van der Waals surface area contributed by atoms with Gasteiger partial charge < -0.3 is 15.6 Å². The van der Waals surface area contributed by atoms with E-state index in [9.17, 15) is 0 Å². The number of para-hydroxylation sites is 1. The van der Waals surface area contributed by atoms with Crippen molar-refractivity contribution < 1.29 is 0 Å².